The number of allylic oxidation sites excluding steroid dienone is 6. The van der Waals surface area contributed by atoms with E-state index in [4.69, 9.17) is 28.0 Å². The van der Waals surface area contributed by atoms with Gasteiger partial charge in [0.1, 0.15) is 19.8 Å². The molecule has 0 aliphatic carbocycles. The summed E-state index contributed by atoms with van der Waals surface area (Å²) < 4.78 is 44.0. The molecule has 1 unspecified atom stereocenters. The highest BCUT2D eigenvalue weighted by Gasteiger charge is 2.27. The second-order valence-corrected chi connectivity index (χ2v) is 14.0. The van der Waals surface area contributed by atoms with Crippen LogP contribution in [0, 0.1) is 0 Å². The first-order valence-corrected chi connectivity index (χ1v) is 19.0. The van der Waals surface area contributed by atoms with Crippen LogP contribution < -0.4 is 0 Å². The first-order valence-electron chi connectivity index (χ1n) is 17.5. The fourth-order valence-electron chi connectivity index (χ4n) is 4.00. The van der Waals surface area contributed by atoms with Gasteiger partial charge in [-0.15, -0.1) is 0 Å². The summed E-state index contributed by atoms with van der Waals surface area (Å²) in [6.45, 7) is 3.98. The number of likely N-dealkylation sites (N-methyl/N-ethyl adjacent to an activating group) is 1. The number of hydrogen-bond donors (Lipinski definition) is 1. The van der Waals surface area contributed by atoms with Crippen molar-refractivity contribution in [3.8, 4) is 0 Å². The van der Waals surface area contributed by atoms with E-state index in [1.54, 1.807) is 24.3 Å². The van der Waals surface area contributed by atoms with Gasteiger partial charge in [0.15, 0.2) is 6.10 Å². The molecule has 1 N–H and O–H groups in total. The van der Waals surface area contributed by atoms with Crippen LogP contribution in [-0.2, 0) is 51.7 Å². The fraction of sp³-hybridized carbons (Fsp3) is 0.667. The number of hydrogen-bond acceptors (Lipinski definition) is 11. The Balaban J connectivity index is 4.56. The molecule has 13 nitrogen and oxygen atoms in total. The lowest BCUT2D eigenvalue weighted by Crippen LogP contribution is -2.37. The summed E-state index contributed by atoms with van der Waals surface area (Å²) in [5.74, 6) is -1.80. The Bertz CT molecular complexity index is 1130. The Kier molecular flexibility index (Phi) is 27.8. The average molecular weight is 731 g/mol. The predicted molar refractivity (Wildman–Crippen MR) is 191 cm³/mol. The molecular weight excluding hydrogens is 669 g/mol. The van der Waals surface area contributed by atoms with Crippen molar-refractivity contribution < 1.29 is 61.1 Å². The maximum absolute atomic E-state index is 12.6. The minimum atomic E-state index is -4.44. The number of unbranched alkanes of at least 4 members (excludes halogenated alkanes) is 8. The van der Waals surface area contributed by atoms with Crippen molar-refractivity contribution in [1.29, 1.82) is 0 Å². The highest BCUT2D eigenvalue weighted by atomic mass is 31.2. The monoisotopic (exact) mass is 730 g/mol. The third-order valence-electron chi connectivity index (χ3n) is 6.78. The van der Waals surface area contributed by atoms with Gasteiger partial charge in [-0.2, -0.15) is 0 Å². The van der Waals surface area contributed by atoms with Crippen LogP contribution in [0.1, 0.15) is 90.9 Å². The molecule has 0 spiro atoms. The van der Waals surface area contributed by atoms with Gasteiger partial charge < -0.3 is 28.3 Å². The number of phosphoric acid groups is 1. The minimum Gasteiger partial charge on any atom is -0.463 e. The highest BCUT2D eigenvalue weighted by Crippen LogP contribution is 2.43. The van der Waals surface area contributed by atoms with E-state index in [1.165, 1.54) is 12.2 Å². The molecule has 0 aromatic heterocycles. The van der Waals surface area contributed by atoms with Crippen LogP contribution in [0.2, 0.25) is 0 Å². The molecule has 0 saturated carbocycles. The van der Waals surface area contributed by atoms with E-state index in [1.807, 2.05) is 47.1 Å². The standard InChI is InChI=1S/C36H60NO12P/c1-6-8-16-22-33(38)44-27-20-14-10-12-18-24-35(40)46-30-32(31-48-50(42,43)47-29-26-37(3,4)5)49-36(41)25-19-13-11-15-21-28-45-34(39)23-17-9-7-2/h6-9,16-17,22-23,32H,10-15,18-21,24-31H2,1-5H3/p+1/b8-6+,9-7+,22-16+,23-17+/t32-/m1/s1. The van der Waals surface area contributed by atoms with Gasteiger partial charge in [0, 0.05) is 25.0 Å². The number of rotatable bonds is 30. The Morgan fingerprint density at radius 1 is 0.620 bits per heavy atom. The van der Waals surface area contributed by atoms with E-state index < -0.39 is 32.5 Å². The van der Waals surface area contributed by atoms with Gasteiger partial charge in [0.05, 0.1) is 41.0 Å². The van der Waals surface area contributed by atoms with Gasteiger partial charge in [-0.1, -0.05) is 75.0 Å². The van der Waals surface area contributed by atoms with Crippen LogP contribution >= 0.6 is 7.82 Å². The Hall–Kier alpha value is -3.09. The summed E-state index contributed by atoms with van der Waals surface area (Å²) in [5, 5.41) is 0. The molecule has 0 rings (SSSR count). The molecule has 0 heterocycles. The molecule has 0 fully saturated rings. The lowest BCUT2D eigenvalue weighted by Gasteiger charge is -2.24. The number of quaternary nitrogens is 1. The number of nitrogens with zero attached hydrogens (tertiary/aromatic N) is 1. The normalized spacial score (nSPS) is 14.0. The largest absolute Gasteiger partial charge is 0.472 e. The summed E-state index contributed by atoms with van der Waals surface area (Å²) in [5.41, 5.74) is 0. The second-order valence-electron chi connectivity index (χ2n) is 12.5. The SMILES string of the molecule is C/C=C/C=C/C(=O)OCCCCCCCC(=O)OC[C@H](COP(=O)(O)OCC[N+](C)(C)C)OC(=O)CCCCCCCOC(=O)/C=C/C=C/C. The third-order valence-corrected chi connectivity index (χ3v) is 7.76. The van der Waals surface area contributed by atoms with Crippen molar-refractivity contribution in [2.75, 3.05) is 60.7 Å². The smallest absolute Gasteiger partial charge is 0.463 e. The van der Waals surface area contributed by atoms with E-state index in [9.17, 15) is 28.6 Å². The zero-order chi connectivity index (χ0) is 37.5. The Morgan fingerprint density at radius 3 is 1.60 bits per heavy atom. The van der Waals surface area contributed by atoms with Crippen LogP contribution in [0.15, 0.2) is 48.6 Å². The van der Waals surface area contributed by atoms with E-state index in [0.29, 0.717) is 43.5 Å². The van der Waals surface area contributed by atoms with Crippen molar-refractivity contribution in [3.63, 3.8) is 0 Å². The maximum Gasteiger partial charge on any atom is 0.472 e. The molecule has 0 aromatic carbocycles. The van der Waals surface area contributed by atoms with E-state index in [0.717, 1.165) is 44.9 Å². The Morgan fingerprint density at radius 2 is 1.10 bits per heavy atom. The molecular formula is C36H61NO12P+. The predicted octanol–water partition coefficient (Wildman–Crippen LogP) is 6.31. The molecule has 0 radical (unpaired) electrons. The Labute approximate surface area is 298 Å². The summed E-state index contributed by atoms with van der Waals surface area (Å²) >= 11 is 0. The van der Waals surface area contributed by atoms with Gasteiger partial charge in [-0.3, -0.25) is 18.6 Å². The fourth-order valence-corrected chi connectivity index (χ4v) is 4.74. The number of esters is 4. The molecule has 14 heteroatoms. The number of carbonyl (C=O) groups is 4. The van der Waals surface area contributed by atoms with Crippen molar-refractivity contribution in [3.05, 3.63) is 48.6 Å². The van der Waals surface area contributed by atoms with E-state index in [-0.39, 0.29) is 38.0 Å². The van der Waals surface area contributed by atoms with E-state index >= 15 is 0 Å². The molecule has 2 atom stereocenters. The molecule has 0 amide bonds. The van der Waals surface area contributed by atoms with Crippen LogP contribution in [0.5, 0.6) is 0 Å². The first-order chi connectivity index (χ1) is 23.8. The van der Waals surface area contributed by atoms with Crippen molar-refractivity contribution >= 4 is 31.7 Å². The van der Waals surface area contributed by atoms with Gasteiger partial charge in [0.25, 0.3) is 0 Å². The zero-order valence-electron chi connectivity index (χ0n) is 30.8. The molecule has 286 valence electrons. The molecule has 0 saturated heterocycles. The van der Waals surface area contributed by atoms with Gasteiger partial charge in [-0.05, 0) is 39.5 Å². The summed E-state index contributed by atoms with van der Waals surface area (Å²) in [6, 6.07) is 0. The maximum atomic E-state index is 12.6. The summed E-state index contributed by atoms with van der Waals surface area (Å²) in [6.07, 6.45) is 19.7. The summed E-state index contributed by atoms with van der Waals surface area (Å²) in [4.78, 5) is 58.1. The minimum absolute atomic E-state index is 0.0217. The average Bonchev–Trinajstić information content (AvgIpc) is 3.04. The topological polar surface area (TPSA) is 161 Å². The first kappa shape index (κ1) is 46.9. The van der Waals surface area contributed by atoms with E-state index in [2.05, 4.69) is 0 Å². The van der Waals surface area contributed by atoms with Gasteiger partial charge in [0.2, 0.25) is 0 Å². The lowest BCUT2D eigenvalue weighted by molar-refractivity contribution is -0.870. The van der Waals surface area contributed by atoms with Crippen LogP contribution in [0.25, 0.3) is 0 Å². The number of phosphoric ester groups is 1. The van der Waals surface area contributed by atoms with Gasteiger partial charge >= 0.3 is 31.7 Å². The quantitative estimate of drug-likeness (QED) is 0.0167. The molecule has 50 heavy (non-hydrogen) atoms. The lowest BCUT2D eigenvalue weighted by atomic mass is 10.1. The molecule has 0 aliphatic heterocycles. The van der Waals surface area contributed by atoms with Crippen LogP contribution in [-0.4, -0.2) is 100 Å². The van der Waals surface area contributed by atoms with Crippen molar-refractivity contribution in [1.82, 2.24) is 0 Å². The van der Waals surface area contributed by atoms with Crippen molar-refractivity contribution in [2.45, 2.75) is 97.0 Å². The second kappa shape index (κ2) is 29.6. The molecule has 0 aliphatic rings. The number of ether oxygens (including phenoxy) is 4. The summed E-state index contributed by atoms with van der Waals surface area (Å²) in [7, 11) is 1.29. The van der Waals surface area contributed by atoms with Crippen LogP contribution in [0.4, 0.5) is 0 Å². The molecule has 0 bridgehead atoms. The van der Waals surface area contributed by atoms with Crippen LogP contribution in [0.3, 0.4) is 0 Å². The molecule has 0 aromatic rings. The van der Waals surface area contributed by atoms with Crippen molar-refractivity contribution in [2.24, 2.45) is 0 Å². The zero-order valence-corrected chi connectivity index (χ0v) is 31.7. The van der Waals surface area contributed by atoms with Gasteiger partial charge in [-0.25, -0.2) is 14.2 Å². The number of carbonyl (C=O) groups excluding carboxylic acids is 4. The highest BCUT2D eigenvalue weighted by molar-refractivity contribution is 7.47. The third kappa shape index (κ3) is 32.1.